The normalized spacial score (nSPS) is 16.6. The van der Waals surface area contributed by atoms with Crippen molar-refractivity contribution in [2.24, 2.45) is 0 Å². The Hall–Kier alpha value is -3.31. The van der Waals surface area contributed by atoms with E-state index in [9.17, 15) is 14.7 Å². The smallest absolute Gasteiger partial charge is 0.337 e. The third-order valence-electron chi connectivity index (χ3n) is 4.83. The molecule has 3 rings (SSSR count). The van der Waals surface area contributed by atoms with Crippen LogP contribution in [-0.4, -0.2) is 23.7 Å². The van der Waals surface area contributed by atoms with Crippen LogP contribution in [0.15, 0.2) is 83.2 Å². The van der Waals surface area contributed by atoms with Gasteiger partial charge in [0.15, 0.2) is 0 Å². The highest BCUT2D eigenvalue weighted by atomic mass is 35.5. The number of esters is 1. The van der Waals surface area contributed by atoms with Crippen LogP contribution in [-0.2, 0) is 14.3 Å². The van der Waals surface area contributed by atoms with E-state index in [0.29, 0.717) is 22.0 Å². The standard InChI is InChI=1S/C24H22ClNO4/c1-15-20(23(27)28)22(18-10-12-19(25)13-11-18)21(16(2)26-15)24(29)30-14-6-9-17-7-4-3-5-8-17/h3-13,22,26H,14H2,1-2H3,(H,27,28)/b9-6+. The van der Waals surface area contributed by atoms with E-state index in [2.05, 4.69) is 5.32 Å². The van der Waals surface area contributed by atoms with Gasteiger partial charge >= 0.3 is 11.9 Å². The molecular weight excluding hydrogens is 402 g/mol. The molecule has 0 aliphatic carbocycles. The molecule has 0 fully saturated rings. The fraction of sp³-hybridized carbons (Fsp3) is 0.167. The van der Waals surface area contributed by atoms with Crippen molar-refractivity contribution < 1.29 is 19.4 Å². The summed E-state index contributed by atoms with van der Waals surface area (Å²) in [6, 6.07) is 16.5. The molecule has 5 nitrogen and oxygen atoms in total. The summed E-state index contributed by atoms with van der Waals surface area (Å²) in [6.45, 7) is 3.49. The maximum atomic E-state index is 12.9. The summed E-state index contributed by atoms with van der Waals surface area (Å²) in [5, 5.41) is 13.3. The van der Waals surface area contributed by atoms with Gasteiger partial charge in [0.1, 0.15) is 6.61 Å². The fourth-order valence-corrected chi connectivity index (χ4v) is 3.61. The van der Waals surface area contributed by atoms with Crippen molar-refractivity contribution in [3.63, 3.8) is 0 Å². The molecule has 0 aromatic heterocycles. The Morgan fingerprint density at radius 3 is 2.30 bits per heavy atom. The summed E-state index contributed by atoms with van der Waals surface area (Å²) >= 11 is 5.99. The molecule has 0 radical (unpaired) electrons. The van der Waals surface area contributed by atoms with Gasteiger partial charge in [0.2, 0.25) is 0 Å². The zero-order valence-corrected chi connectivity index (χ0v) is 17.4. The molecule has 0 spiro atoms. The number of rotatable bonds is 6. The molecule has 6 heteroatoms. The minimum Gasteiger partial charge on any atom is -0.478 e. The summed E-state index contributed by atoms with van der Waals surface area (Å²) in [6.07, 6.45) is 3.60. The van der Waals surface area contributed by atoms with Crippen molar-refractivity contribution in [1.82, 2.24) is 5.32 Å². The molecule has 2 N–H and O–H groups in total. The second-order valence-corrected chi connectivity index (χ2v) is 7.34. The first-order valence-electron chi connectivity index (χ1n) is 9.44. The zero-order chi connectivity index (χ0) is 21.7. The lowest BCUT2D eigenvalue weighted by Crippen LogP contribution is -2.31. The van der Waals surface area contributed by atoms with Crippen LogP contribution in [0.1, 0.15) is 30.9 Å². The molecule has 0 saturated heterocycles. The van der Waals surface area contributed by atoms with Crippen molar-refractivity contribution in [3.05, 3.63) is 99.4 Å². The Balaban J connectivity index is 1.87. The first kappa shape index (κ1) is 21.4. The SMILES string of the molecule is CC1=C(C(=O)O)C(c2ccc(Cl)cc2)C(C(=O)OC/C=C/c2ccccc2)=C(C)N1. The van der Waals surface area contributed by atoms with E-state index in [1.807, 2.05) is 36.4 Å². The van der Waals surface area contributed by atoms with E-state index in [-0.39, 0.29) is 17.8 Å². The summed E-state index contributed by atoms with van der Waals surface area (Å²) < 4.78 is 5.45. The van der Waals surface area contributed by atoms with Crippen molar-refractivity contribution in [1.29, 1.82) is 0 Å². The van der Waals surface area contributed by atoms with E-state index < -0.39 is 17.9 Å². The van der Waals surface area contributed by atoms with Crippen LogP contribution in [0, 0.1) is 0 Å². The largest absolute Gasteiger partial charge is 0.478 e. The molecule has 2 aromatic rings. The van der Waals surface area contributed by atoms with Gasteiger partial charge in [-0.3, -0.25) is 0 Å². The van der Waals surface area contributed by atoms with Crippen LogP contribution < -0.4 is 5.32 Å². The lowest BCUT2D eigenvalue weighted by atomic mass is 9.80. The maximum absolute atomic E-state index is 12.9. The molecule has 1 atom stereocenters. The van der Waals surface area contributed by atoms with Crippen LogP contribution in [0.2, 0.25) is 5.02 Å². The van der Waals surface area contributed by atoms with E-state index in [1.165, 1.54) is 0 Å². The number of carboxylic acids is 1. The third kappa shape index (κ3) is 4.81. The monoisotopic (exact) mass is 423 g/mol. The zero-order valence-electron chi connectivity index (χ0n) is 16.7. The molecule has 1 heterocycles. The molecule has 154 valence electrons. The van der Waals surface area contributed by atoms with Gasteiger partial charge in [-0.05, 0) is 43.2 Å². The van der Waals surface area contributed by atoms with E-state index in [4.69, 9.17) is 16.3 Å². The number of dihydropyridines is 1. The second-order valence-electron chi connectivity index (χ2n) is 6.90. The van der Waals surface area contributed by atoms with Gasteiger partial charge in [0, 0.05) is 16.4 Å². The lowest BCUT2D eigenvalue weighted by Gasteiger charge is -2.29. The van der Waals surface area contributed by atoms with Gasteiger partial charge in [0.25, 0.3) is 0 Å². The van der Waals surface area contributed by atoms with Crippen molar-refractivity contribution in [2.75, 3.05) is 6.61 Å². The molecule has 0 bridgehead atoms. The van der Waals surface area contributed by atoms with Crippen LogP contribution in [0.3, 0.4) is 0 Å². The summed E-state index contributed by atoms with van der Waals surface area (Å²) in [5.74, 6) is -2.42. The molecule has 1 aliphatic rings. The Labute approximate surface area is 180 Å². The molecule has 0 saturated carbocycles. The summed E-state index contributed by atoms with van der Waals surface area (Å²) in [7, 11) is 0. The summed E-state index contributed by atoms with van der Waals surface area (Å²) in [5.41, 5.74) is 3.08. The van der Waals surface area contributed by atoms with Crippen molar-refractivity contribution in [2.45, 2.75) is 19.8 Å². The van der Waals surface area contributed by atoms with Crippen molar-refractivity contribution in [3.8, 4) is 0 Å². The van der Waals surface area contributed by atoms with Gasteiger partial charge in [-0.2, -0.15) is 0 Å². The Kier molecular flexibility index (Phi) is 6.75. The number of ether oxygens (including phenoxy) is 1. The number of allylic oxidation sites excluding steroid dienone is 2. The average molecular weight is 424 g/mol. The number of carbonyl (C=O) groups is 2. The first-order valence-corrected chi connectivity index (χ1v) is 9.82. The molecule has 2 aromatic carbocycles. The molecule has 1 aliphatic heterocycles. The fourth-order valence-electron chi connectivity index (χ4n) is 3.49. The van der Waals surface area contributed by atoms with Crippen LogP contribution in [0.25, 0.3) is 6.08 Å². The maximum Gasteiger partial charge on any atom is 0.337 e. The number of hydrogen-bond acceptors (Lipinski definition) is 4. The lowest BCUT2D eigenvalue weighted by molar-refractivity contribution is -0.138. The van der Waals surface area contributed by atoms with Crippen LogP contribution in [0.5, 0.6) is 0 Å². The van der Waals surface area contributed by atoms with Gasteiger partial charge in [-0.1, -0.05) is 60.1 Å². The number of benzene rings is 2. The van der Waals surface area contributed by atoms with Crippen LogP contribution >= 0.6 is 11.6 Å². The number of carbonyl (C=O) groups excluding carboxylic acids is 1. The Bertz CT molecular complexity index is 1040. The van der Waals surface area contributed by atoms with Gasteiger partial charge in [-0.15, -0.1) is 0 Å². The topological polar surface area (TPSA) is 75.6 Å². The average Bonchev–Trinajstić information content (AvgIpc) is 2.71. The number of nitrogens with one attached hydrogen (secondary N) is 1. The molecule has 30 heavy (non-hydrogen) atoms. The molecular formula is C24H22ClNO4. The predicted molar refractivity (Wildman–Crippen MR) is 117 cm³/mol. The summed E-state index contributed by atoms with van der Waals surface area (Å²) in [4.78, 5) is 24.9. The molecule has 0 amide bonds. The predicted octanol–water partition coefficient (Wildman–Crippen LogP) is 4.92. The first-order chi connectivity index (χ1) is 14.4. The van der Waals surface area contributed by atoms with Crippen LogP contribution in [0.4, 0.5) is 0 Å². The highest BCUT2D eigenvalue weighted by molar-refractivity contribution is 6.30. The minimum atomic E-state index is -1.10. The molecule has 1 unspecified atom stereocenters. The van der Waals surface area contributed by atoms with Gasteiger partial charge in [0.05, 0.1) is 17.1 Å². The quantitative estimate of drug-likeness (QED) is 0.645. The van der Waals surface area contributed by atoms with Gasteiger partial charge in [-0.25, -0.2) is 9.59 Å². The van der Waals surface area contributed by atoms with E-state index in [0.717, 1.165) is 5.56 Å². The number of halogens is 1. The van der Waals surface area contributed by atoms with E-state index >= 15 is 0 Å². The number of hydrogen-bond donors (Lipinski definition) is 2. The number of aliphatic carboxylic acids is 1. The number of carboxylic acid groups (broad SMARTS) is 1. The third-order valence-corrected chi connectivity index (χ3v) is 5.09. The highest BCUT2D eigenvalue weighted by Crippen LogP contribution is 2.39. The van der Waals surface area contributed by atoms with Gasteiger partial charge < -0.3 is 15.2 Å². The Morgan fingerprint density at radius 1 is 1.03 bits per heavy atom. The highest BCUT2D eigenvalue weighted by Gasteiger charge is 2.37. The van der Waals surface area contributed by atoms with E-state index in [1.54, 1.807) is 44.2 Å². The van der Waals surface area contributed by atoms with Crippen molar-refractivity contribution >= 4 is 29.6 Å². The Morgan fingerprint density at radius 2 is 1.67 bits per heavy atom. The minimum absolute atomic E-state index is 0.0724. The second kappa shape index (κ2) is 9.46.